The van der Waals surface area contributed by atoms with Gasteiger partial charge < -0.3 is 4.74 Å². The van der Waals surface area contributed by atoms with Gasteiger partial charge in [-0.15, -0.1) is 0 Å². The van der Waals surface area contributed by atoms with Crippen LogP contribution in [0.25, 0.3) is 0 Å². The second-order valence-corrected chi connectivity index (χ2v) is 3.41. The van der Waals surface area contributed by atoms with Crippen molar-refractivity contribution in [1.82, 2.24) is 0 Å². The third-order valence-corrected chi connectivity index (χ3v) is 1.98. The highest BCUT2D eigenvalue weighted by Crippen LogP contribution is 2.31. The Labute approximate surface area is 84.2 Å². The first-order chi connectivity index (χ1) is 6.06. The van der Waals surface area contributed by atoms with E-state index >= 15 is 0 Å². The highest BCUT2D eigenvalue weighted by Gasteiger charge is 2.14. The molecule has 0 aliphatic rings. The lowest BCUT2D eigenvalue weighted by molar-refractivity contribution is 0.382. The van der Waals surface area contributed by atoms with Gasteiger partial charge in [0.1, 0.15) is 10.7 Å². The second kappa shape index (κ2) is 4.11. The summed E-state index contributed by atoms with van der Waals surface area (Å²) in [4.78, 5) is -1.08. The molecule has 0 spiro atoms. The van der Waals surface area contributed by atoms with Gasteiger partial charge in [0.05, 0.1) is 7.11 Å². The molecule has 0 unspecified atom stereocenters. The fourth-order valence-corrected chi connectivity index (χ4v) is 1.20. The number of benzene rings is 1. The quantitative estimate of drug-likeness (QED) is 0.703. The third kappa shape index (κ3) is 2.23. The number of hydrogen-bond donors (Lipinski definition) is 0. The molecule has 0 fully saturated rings. The van der Waals surface area contributed by atoms with E-state index in [2.05, 4.69) is 4.74 Å². The summed E-state index contributed by atoms with van der Waals surface area (Å²) in [5.74, 6) is -1.55. The van der Waals surface area contributed by atoms with Crippen LogP contribution >= 0.6 is 23.2 Å². The van der Waals surface area contributed by atoms with E-state index in [9.17, 15) is 8.78 Å². The van der Waals surface area contributed by atoms with Gasteiger partial charge in [-0.3, -0.25) is 0 Å². The molecule has 1 aromatic carbocycles. The molecule has 1 aromatic rings. The molecule has 0 saturated carbocycles. The zero-order valence-electron chi connectivity index (χ0n) is 6.65. The topological polar surface area (TPSA) is 9.23 Å². The molecule has 1 nitrogen and oxygen atoms in total. The monoisotopic (exact) mass is 226 g/mol. The minimum atomic E-state index is -1.08. The Morgan fingerprint density at radius 1 is 1.23 bits per heavy atom. The lowest BCUT2D eigenvalue weighted by atomic mass is 10.2. The SMILES string of the molecule is COc1cc(F)c(C(Cl)Cl)cc1F. The smallest absolute Gasteiger partial charge is 0.165 e. The Morgan fingerprint density at radius 2 is 1.85 bits per heavy atom. The van der Waals surface area contributed by atoms with Crippen LogP contribution in [0.3, 0.4) is 0 Å². The zero-order valence-corrected chi connectivity index (χ0v) is 8.16. The number of rotatable bonds is 2. The van der Waals surface area contributed by atoms with Crippen molar-refractivity contribution in [3.05, 3.63) is 29.3 Å². The molecule has 0 radical (unpaired) electrons. The number of hydrogen-bond acceptors (Lipinski definition) is 1. The normalized spacial score (nSPS) is 10.6. The fourth-order valence-electron chi connectivity index (χ4n) is 0.868. The molecule has 0 amide bonds. The average Bonchev–Trinajstić information content (AvgIpc) is 2.07. The van der Waals surface area contributed by atoms with E-state index in [0.717, 1.165) is 12.1 Å². The molecule has 1 rings (SSSR count). The Balaban J connectivity index is 3.20. The summed E-state index contributed by atoms with van der Waals surface area (Å²) in [7, 11) is 1.25. The van der Waals surface area contributed by atoms with Crippen LogP contribution in [-0.4, -0.2) is 7.11 Å². The molecule has 0 heterocycles. The number of alkyl halides is 2. The lowest BCUT2D eigenvalue weighted by Gasteiger charge is -2.06. The minimum absolute atomic E-state index is 0.0957. The van der Waals surface area contributed by atoms with E-state index < -0.39 is 16.5 Å². The first-order valence-electron chi connectivity index (χ1n) is 3.37. The van der Waals surface area contributed by atoms with Gasteiger partial charge in [0.25, 0.3) is 0 Å². The Bertz CT molecular complexity index is 315. The van der Waals surface area contributed by atoms with Gasteiger partial charge in [-0.05, 0) is 6.07 Å². The minimum Gasteiger partial charge on any atom is -0.494 e. The summed E-state index contributed by atoms with van der Waals surface area (Å²) in [5.41, 5.74) is -0.0957. The van der Waals surface area contributed by atoms with Gasteiger partial charge in [0, 0.05) is 11.6 Å². The number of halogens is 4. The Hall–Kier alpha value is -0.540. The molecular formula is C8H6Cl2F2O. The average molecular weight is 227 g/mol. The number of ether oxygens (including phenoxy) is 1. The van der Waals surface area contributed by atoms with Crippen LogP contribution in [0.4, 0.5) is 8.78 Å². The van der Waals surface area contributed by atoms with Crippen molar-refractivity contribution in [3.63, 3.8) is 0 Å². The van der Waals surface area contributed by atoms with Crippen molar-refractivity contribution >= 4 is 23.2 Å². The van der Waals surface area contributed by atoms with E-state index in [0.29, 0.717) is 0 Å². The maximum absolute atomic E-state index is 13.1. The predicted octanol–water partition coefficient (Wildman–Crippen LogP) is 3.45. The standard InChI is InChI=1S/C8H6Cl2F2O/c1-13-7-3-5(11)4(8(9)10)2-6(7)12/h2-3,8H,1H3. The summed E-state index contributed by atoms with van der Waals surface area (Å²) in [5, 5.41) is 0. The second-order valence-electron chi connectivity index (χ2n) is 2.31. The van der Waals surface area contributed by atoms with E-state index in [-0.39, 0.29) is 11.3 Å². The van der Waals surface area contributed by atoms with Crippen molar-refractivity contribution < 1.29 is 13.5 Å². The Morgan fingerprint density at radius 3 is 2.31 bits per heavy atom. The van der Waals surface area contributed by atoms with Crippen molar-refractivity contribution in [2.45, 2.75) is 4.84 Å². The predicted molar refractivity (Wildman–Crippen MR) is 47.4 cm³/mol. The van der Waals surface area contributed by atoms with E-state index in [1.54, 1.807) is 0 Å². The fraction of sp³-hybridized carbons (Fsp3) is 0.250. The Kier molecular flexibility index (Phi) is 3.33. The van der Waals surface area contributed by atoms with Crippen LogP contribution in [0.2, 0.25) is 0 Å². The molecular weight excluding hydrogens is 221 g/mol. The van der Waals surface area contributed by atoms with Crippen molar-refractivity contribution in [3.8, 4) is 5.75 Å². The molecule has 0 atom stereocenters. The third-order valence-electron chi connectivity index (χ3n) is 1.51. The van der Waals surface area contributed by atoms with Crippen LogP contribution in [0.5, 0.6) is 5.75 Å². The van der Waals surface area contributed by atoms with E-state index in [1.165, 1.54) is 7.11 Å². The van der Waals surface area contributed by atoms with E-state index in [4.69, 9.17) is 23.2 Å². The molecule has 0 N–H and O–H groups in total. The summed E-state index contributed by atoms with van der Waals surface area (Å²) < 4.78 is 30.6. The molecule has 0 aliphatic carbocycles. The van der Waals surface area contributed by atoms with Gasteiger partial charge in [-0.2, -0.15) is 0 Å². The largest absolute Gasteiger partial charge is 0.494 e. The molecule has 0 aliphatic heterocycles. The van der Waals surface area contributed by atoms with Gasteiger partial charge in [-0.1, -0.05) is 23.2 Å². The first-order valence-corrected chi connectivity index (χ1v) is 4.24. The van der Waals surface area contributed by atoms with Crippen LogP contribution < -0.4 is 4.74 Å². The van der Waals surface area contributed by atoms with Gasteiger partial charge in [0.15, 0.2) is 11.6 Å². The molecule has 0 bridgehead atoms. The van der Waals surface area contributed by atoms with Crippen molar-refractivity contribution in [1.29, 1.82) is 0 Å². The summed E-state index contributed by atoms with van der Waals surface area (Å²) in [6, 6.07) is 1.82. The summed E-state index contributed by atoms with van der Waals surface area (Å²) >= 11 is 10.8. The van der Waals surface area contributed by atoms with Crippen molar-refractivity contribution in [2.24, 2.45) is 0 Å². The van der Waals surface area contributed by atoms with Gasteiger partial charge in [-0.25, -0.2) is 8.78 Å². The summed E-state index contributed by atoms with van der Waals surface area (Å²) in [6.07, 6.45) is 0. The molecule has 72 valence electrons. The van der Waals surface area contributed by atoms with Crippen LogP contribution in [-0.2, 0) is 0 Å². The van der Waals surface area contributed by atoms with Crippen LogP contribution in [0, 0.1) is 11.6 Å². The number of methoxy groups -OCH3 is 1. The zero-order chi connectivity index (χ0) is 10.0. The highest BCUT2D eigenvalue weighted by molar-refractivity contribution is 6.44. The lowest BCUT2D eigenvalue weighted by Crippen LogP contribution is -1.95. The maximum atomic E-state index is 13.1. The first kappa shape index (κ1) is 10.5. The van der Waals surface area contributed by atoms with Crippen LogP contribution in [0.1, 0.15) is 10.4 Å². The van der Waals surface area contributed by atoms with Crippen molar-refractivity contribution in [2.75, 3.05) is 7.11 Å². The highest BCUT2D eigenvalue weighted by atomic mass is 35.5. The van der Waals surface area contributed by atoms with Gasteiger partial charge in [0.2, 0.25) is 0 Å². The maximum Gasteiger partial charge on any atom is 0.165 e. The van der Waals surface area contributed by atoms with Gasteiger partial charge >= 0.3 is 0 Å². The van der Waals surface area contributed by atoms with Crippen LogP contribution in [0.15, 0.2) is 12.1 Å². The summed E-state index contributed by atoms with van der Waals surface area (Å²) in [6.45, 7) is 0. The molecule has 13 heavy (non-hydrogen) atoms. The van der Waals surface area contributed by atoms with E-state index in [1.807, 2.05) is 0 Å². The molecule has 0 saturated heterocycles. The molecule has 0 aromatic heterocycles. The molecule has 5 heteroatoms.